The van der Waals surface area contributed by atoms with Crippen molar-refractivity contribution in [2.45, 2.75) is 17.1 Å². The Bertz CT molecular complexity index is 603. The Morgan fingerprint density at radius 1 is 1.53 bits per heavy atom. The molecule has 1 aromatic rings. The largest absolute Gasteiger partial charge is 0.478 e. The van der Waals surface area contributed by atoms with Crippen molar-refractivity contribution < 1.29 is 18.3 Å². The van der Waals surface area contributed by atoms with Gasteiger partial charge in [0.15, 0.2) is 9.84 Å². The van der Waals surface area contributed by atoms with E-state index in [1.54, 1.807) is 6.07 Å². The average Bonchev–Trinajstić information content (AvgIpc) is 2.27. The number of carbonyl (C=O) groups is 1. The topological polar surface area (TPSA) is 95.2 Å². The third kappa shape index (κ3) is 2.57. The van der Waals surface area contributed by atoms with Crippen LogP contribution in [0.3, 0.4) is 0 Å². The summed E-state index contributed by atoms with van der Waals surface area (Å²) >= 11 is 5.65. The molecule has 0 spiro atoms. The molecule has 0 fully saturated rings. The van der Waals surface area contributed by atoms with E-state index in [1.165, 1.54) is 6.92 Å². The highest BCUT2D eigenvalue weighted by Gasteiger charge is 2.24. The number of nitriles is 1. The number of carboxylic acid groups (broad SMARTS) is 1. The number of benzene rings is 1. The number of hydrogen-bond acceptors (Lipinski definition) is 4. The van der Waals surface area contributed by atoms with Gasteiger partial charge in [0.1, 0.15) is 5.25 Å². The molecule has 0 aliphatic heterocycles. The number of sulfone groups is 1. The van der Waals surface area contributed by atoms with Crippen LogP contribution in [0, 0.1) is 11.3 Å². The third-order valence-electron chi connectivity index (χ3n) is 2.15. The molecule has 5 nitrogen and oxygen atoms in total. The Morgan fingerprint density at radius 2 is 2.12 bits per heavy atom. The molecule has 1 N–H and O–H groups in total. The van der Waals surface area contributed by atoms with Crippen LogP contribution >= 0.6 is 11.6 Å². The summed E-state index contributed by atoms with van der Waals surface area (Å²) in [4.78, 5) is 10.5. The van der Waals surface area contributed by atoms with Crippen molar-refractivity contribution in [3.8, 4) is 6.07 Å². The summed E-state index contributed by atoms with van der Waals surface area (Å²) in [7, 11) is -3.79. The van der Waals surface area contributed by atoms with Crippen LogP contribution in [0.1, 0.15) is 17.3 Å². The predicted molar refractivity (Wildman–Crippen MR) is 60.7 cm³/mol. The van der Waals surface area contributed by atoms with Gasteiger partial charge in [-0.1, -0.05) is 11.6 Å². The molecule has 0 amide bonds. The van der Waals surface area contributed by atoms with Crippen LogP contribution in [0.2, 0.25) is 5.02 Å². The molecule has 1 aromatic carbocycles. The highest BCUT2D eigenvalue weighted by Crippen LogP contribution is 2.23. The minimum absolute atomic E-state index is 0.165. The summed E-state index contributed by atoms with van der Waals surface area (Å²) < 4.78 is 23.5. The van der Waals surface area contributed by atoms with Crippen LogP contribution in [0.25, 0.3) is 0 Å². The Balaban J connectivity index is 3.34. The maximum atomic E-state index is 11.8. The lowest BCUT2D eigenvalue weighted by molar-refractivity contribution is 0.0697. The SMILES string of the molecule is CC(C#N)S(=O)(=O)c1ccc(C(=O)O)c(Cl)c1. The lowest BCUT2D eigenvalue weighted by Crippen LogP contribution is -2.16. The van der Waals surface area contributed by atoms with E-state index in [4.69, 9.17) is 22.0 Å². The minimum atomic E-state index is -3.79. The molecule has 0 aliphatic carbocycles. The van der Waals surface area contributed by atoms with Crippen molar-refractivity contribution in [3.63, 3.8) is 0 Å². The van der Waals surface area contributed by atoms with Gasteiger partial charge in [0, 0.05) is 0 Å². The van der Waals surface area contributed by atoms with Crippen molar-refractivity contribution in [1.82, 2.24) is 0 Å². The van der Waals surface area contributed by atoms with Crippen LogP contribution in [-0.2, 0) is 9.84 Å². The molecule has 1 rings (SSSR count). The number of carboxylic acids is 1. The van der Waals surface area contributed by atoms with Crippen molar-refractivity contribution in [2.75, 3.05) is 0 Å². The summed E-state index contributed by atoms with van der Waals surface area (Å²) in [6, 6.07) is 4.87. The Labute approximate surface area is 103 Å². The van der Waals surface area contributed by atoms with Gasteiger partial charge in [0.25, 0.3) is 0 Å². The van der Waals surface area contributed by atoms with E-state index in [9.17, 15) is 13.2 Å². The standard InChI is InChI=1S/C10H8ClNO4S/c1-6(5-12)17(15,16)7-2-3-8(10(13)14)9(11)4-7/h2-4,6H,1H3,(H,13,14). The highest BCUT2D eigenvalue weighted by atomic mass is 35.5. The molecule has 1 atom stereocenters. The molecule has 0 saturated carbocycles. The number of halogens is 1. The number of aromatic carboxylic acids is 1. The van der Waals surface area contributed by atoms with Crippen LogP contribution in [-0.4, -0.2) is 24.7 Å². The fourth-order valence-electron chi connectivity index (χ4n) is 1.12. The molecule has 0 radical (unpaired) electrons. The summed E-state index contributed by atoms with van der Waals surface area (Å²) in [5, 5.41) is 15.9. The van der Waals surface area contributed by atoms with Gasteiger partial charge in [-0.3, -0.25) is 0 Å². The molecule has 0 saturated heterocycles. The second-order valence-electron chi connectivity index (χ2n) is 3.26. The number of hydrogen-bond donors (Lipinski definition) is 1. The van der Waals surface area contributed by atoms with E-state index in [2.05, 4.69) is 0 Å². The first-order valence-electron chi connectivity index (χ1n) is 4.47. The summed E-state index contributed by atoms with van der Waals surface area (Å²) in [5.41, 5.74) is -0.185. The number of nitrogens with zero attached hydrogens (tertiary/aromatic N) is 1. The molecular weight excluding hydrogens is 266 g/mol. The maximum Gasteiger partial charge on any atom is 0.337 e. The first-order valence-corrected chi connectivity index (χ1v) is 6.39. The van der Waals surface area contributed by atoms with Crippen LogP contribution < -0.4 is 0 Å². The van der Waals surface area contributed by atoms with Gasteiger partial charge in [-0.05, 0) is 25.1 Å². The smallest absolute Gasteiger partial charge is 0.337 e. The Kier molecular flexibility index (Phi) is 3.76. The Hall–Kier alpha value is -1.58. The van der Waals surface area contributed by atoms with E-state index >= 15 is 0 Å². The average molecular weight is 274 g/mol. The van der Waals surface area contributed by atoms with Gasteiger partial charge in [-0.25, -0.2) is 13.2 Å². The zero-order valence-corrected chi connectivity index (χ0v) is 10.3. The van der Waals surface area contributed by atoms with E-state index in [0.717, 1.165) is 18.2 Å². The lowest BCUT2D eigenvalue weighted by Gasteiger charge is -2.07. The molecule has 0 heterocycles. The number of rotatable bonds is 3. The van der Waals surface area contributed by atoms with Gasteiger partial charge in [-0.15, -0.1) is 0 Å². The van der Waals surface area contributed by atoms with Crippen LogP contribution in [0.5, 0.6) is 0 Å². The van der Waals surface area contributed by atoms with Crippen LogP contribution in [0.4, 0.5) is 0 Å². The zero-order valence-electron chi connectivity index (χ0n) is 8.71. The molecule has 1 unspecified atom stereocenters. The fourth-order valence-corrected chi connectivity index (χ4v) is 2.53. The molecule has 90 valence electrons. The normalized spacial score (nSPS) is 12.8. The van der Waals surface area contributed by atoms with Crippen molar-refractivity contribution in [2.24, 2.45) is 0 Å². The van der Waals surface area contributed by atoms with Gasteiger partial charge in [0.05, 0.1) is 21.6 Å². The zero-order chi connectivity index (χ0) is 13.2. The summed E-state index contributed by atoms with van der Waals surface area (Å²) in [6.07, 6.45) is 0. The monoisotopic (exact) mass is 273 g/mol. The summed E-state index contributed by atoms with van der Waals surface area (Å²) in [6.45, 7) is 1.24. The van der Waals surface area contributed by atoms with Gasteiger partial charge in [0.2, 0.25) is 0 Å². The molecular formula is C10H8ClNO4S. The van der Waals surface area contributed by atoms with Gasteiger partial charge >= 0.3 is 5.97 Å². The molecule has 0 aliphatic rings. The predicted octanol–water partition coefficient (Wildman–Crippen LogP) is 1.72. The lowest BCUT2D eigenvalue weighted by atomic mass is 10.2. The quantitative estimate of drug-likeness (QED) is 0.905. The molecule has 17 heavy (non-hydrogen) atoms. The second kappa shape index (κ2) is 4.73. The van der Waals surface area contributed by atoms with E-state index < -0.39 is 21.1 Å². The van der Waals surface area contributed by atoms with Crippen molar-refractivity contribution >= 4 is 27.4 Å². The molecule has 0 bridgehead atoms. The van der Waals surface area contributed by atoms with Crippen molar-refractivity contribution in [1.29, 1.82) is 5.26 Å². The third-order valence-corrected chi connectivity index (χ3v) is 4.41. The van der Waals surface area contributed by atoms with Crippen molar-refractivity contribution in [3.05, 3.63) is 28.8 Å². The molecule has 7 heteroatoms. The second-order valence-corrected chi connectivity index (χ2v) is 5.94. The summed E-state index contributed by atoms with van der Waals surface area (Å²) in [5.74, 6) is -1.24. The van der Waals surface area contributed by atoms with E-state index in [0.29, 0.717) is 0 Å². The Morgan fingerprint density at radius 3 is 2.53 bits per heavy atom. The first kappa shape index (κ1) is 13.5. The van der Waals surface area contributed by atoms with E-state index in [-0.39, 0.29) is 15.5 Å². The first-order chi connectivity index (χ1) is 7.80. The molecule has 0 aromatic heterocycles. The van der Waals surface area contributed by atoms with Gasteiger partial charge < -0.3 is 5.11 Å². The highest BCUT2D eigenvalue weighted by molar-refractivity contribution is 7.92. The minimum Gasteiger partial charge on any atom is -0.478 e. The van der Waals surface area contributed by atoms with E-state index in [1.807, 2.05) is 0 Å². The van der Waals surface area contributed by atoms with Crippen LogP contribution in [0.15, 0.2) is 23.1 Å². The maximum absolute atomic E-state index is 11.8. The fraction of sp³-hybridized carbons (Fsp3) is 0.200. The van der Waals surface area contributed by atoms with Gasteiger partial charge in [-0.2, -0.15) is 5.26 Å².